The molecule has 0 heterocycles. The van der Waals surface area contributed by atoms with Crippen molar-refractivity contribution in [1.29, 1.82) is 0 Å². The van der Waals surface area contributed by atoms with Gasteiger partial charge in [0.15, 0.2) is 0 Å². The fraction of sp³-hybridized carbons (Fsp3) is 0.333. The average molecular weight is 602 g/mol. The summed E-state index contributed by atoms with van der Waals surface area (Å²) >= 11 is 6.07. The van der Waals surface area contributed by atoms with Crippen molar-refractivity contribution in [3.63, 3.8) is 0 Å². The molecule has 1 atom stereocenters. The van der Waals surface area contributed by atoms with Crippen LogP contribution < -0.4 is 19.1 Å². The summed E-state index contributed by atoms with van der Waals surface area (Å²) in [6, 6.07) is 18.2. The number of benzene rings is 3. The smallest absolute Gasteiger partial charge is 0.264 e. The molecule has 0 fully saturated rings. The van der Waals surface area contributed by atoms with Gasteiger partial charge in [0, 0.05) is 17.1 Å². The van der Waals surface area contributed by atoms with E-state index in [0.29, 0.717) is 16.5 Å². The number of amides is 2. The Morgan fingerprint density at radius 3 is 1.88 bits per heavy atom. The van der Waals surface area contributed by atoms with E-state index in [2.05, 4.69) is 5.32 Å². The molecule has 0 aliphatic carbocycles. The van der Waals surface area contributed by atoms with Gasteiger partial charge in [-0.25, -0.2) is 8.42 Å². The number of carbonyl (C=O) groups is 2. The van der Waals surface area contributed by atoms with E-state index < -0.39 is 34.1 Å². The highest BCUT2D eigenvalue weighted by molar-refractivity contribution is 7.92. The van der Waals surface area contributed by atoms with Gasteiger partial charge in [0.05, 0.1) is 24.8 Å². The number of hydrogen-bond donors (Lipinski definition) is 1. The lowest BCUT2D eigenvalue weighted by atomic mass is 10.1. The maximum atomic E-state index is 14.0. The topological polar surface area (TPSA) is 105 Å². The minimum Gasteiger partial charge on any atom is -0.497 e. The van der Waals surface area contributed by atoms with Gasteiger partial charge in [-0.1, -0.05) is 23.7 Å². The Kier molecular flexibility index (Phi) is 10.3. The maximum absolute atomic E-state index is 14.0. The molecule has 0 spiro atoms. The van der Waals surface area contributed by atoms with E-state index in [4.69, 9.17) is 21.1 Å². The third-order valence-electron chi connectivity index (χ3n) is 6.22. The zero-order chi connectivity index (χ0) is 30.4. The second kappa shape index (κ2) is 13.3. The van der Waals surface area contributed by atoms with Gasteiger partial charge in [0.25, 0.3) is 10.0 Å². The number of anilines is 1. The van der Waals surface area contributed by atoms with E-state index in [1.54, 1.807) is 50.4 Å². The van der Waals surface area contributed by atoms with Crippen LogP contribution in [-0.4, -0.2) is 57.5 Å². The predicted molar refractivity (Wildman–Crippen MR) is 160 cm³/mol. The van der Waals surface area contributed by atoms with Crippen molar-refractivity contribution in [2.75, 3.05) is 25.1 Å². The number of rotatable bonds is 11. The summed E-state index contributed by atoms with van der Waals surface area (Å²) < 4.78 is 39.2. The number of hydrogen-bond acceptors (Lipinski definition) is 6. The second-order valence-corrected chi connectivity index (χ2v) is 12.7. The standard InChI is InChI=1S/C30H36ClN3O6S/c1-21(29(36)32-30(2,3)4)33(19-22-7-13-25(39-5)14-8-22)28(35)20-34(24-11-9-23(31)10-12-24)41(37,38)27-17-15-26(40-6)16-18-27/h7-18,21H,19-20H2,1-6H3,(H,32,36). The zero-order valence-electron chi connectivity index (χ0n) is 24.0. The van der Waals surface area contributed by atoms with Crippen LogP contribution in [0.2, 0.25) is 5.02 Å². The van der Waals surface area contributed by atoms with Gasteiger partial charge < -0.3 is 19.7 Å². The molecule has 220 valence electrons. The van der Waals surface area contributed by atoms with Gasteiger partial charge >= 0.3 is 0 Å². The highest BCUT2D eigenvalue weighted by atomic mass is 35.5. The molecule has 2 amide bonds. The highest BCUT2D eigenvalue weighted by Crippen LogP contribution is 2.27. The molecule has 0 bridgehead atoms. The summed E-state index contributed by atoms with van der Waals surface area (Å²) in [7, 11) is -1.17. The van der Waals surface area contributed by atoms with Crippen molar-refractivity contribution in [2.24, 2.45) is 0 Å². The maximum Gasteiger partial charge on any atom is 0.264 e. The quantitative estimate of drug-likeness (QED) is 0.336. The normalized spacial score (nSPS) is 12.3. The first kappa shape index (κ1) is 31.8. The molecular formula is C30H36ClN3O6S. The lowest BCUT2D eigenvalue weighted by molar-refractivity contribution is -0.140. The monoisotopic (exact) mass is 601 g/mol. The van der Waals surface area contributed by atoms with E-state index in [1.807, 2.05) is 20.8 Å². The Morgan fingerprint density at radius 2 is 1.39 bits per heavy atom. The van der Waals surface area contributed by atoms with Gasteiger partial charge in [-0.2, -0.15) is 0 Å². The molecule has 41 heavy (non-hydrogen) atoms. The molecular weight excluding hydrogens is 566 g/mol. The van der Waals surface area contributed by atoms with Gasteiger partial charge in [-0.3, -0.25) is 13.9 Å². The van der Waals surface area contributed by atoms with Crippen molar-refractivity contribution in [3.05, 3.63) is 83.4 Å². The Bertz CT molecular complexity index is 1440. The Morgan fingerprint density at radius 1 is 0.878 bits per heavy atom. The lowest BCUT2D eigenvalue weighted by Crippen LogP contribution is -2.54. The third-order valence-corrected chi connectivity index (χ3v) is 8.26. The molecule has 0 aliphatic rings. The number of sulfonamides is 1. The fourth-order valence-corrected chi connectivity index (χ4v) is 5.54. The zero-order valence-corrected chi connectivity index (χ0v) is 25.6. The van der Waals surface area contributed by atoms with Gasteiger partial charge in [-0.05, 0) is 93.9 Å². The van der Waals surface area contributed by atoms with Crippen LogP contribution in [0.25, 0.3) is 0 Å². The summed E-state index contributed by atoms with van der Waals surface area (Å²) in [6.45, 7) is 6.66. The van der Waals surface area contributed by atoms with Crippen molar-refractivity contribution in [3.8, 4) is 11.5 Å². The van der Waals surface area contributed by atoms with Crippen LogP contribution in [0.3, 0.4) is 0 Å². The summed E-state index contributed by atoms with van der Waals surface area (Å²) in [5, 5.41) is 3.32. The number of carbonyl (C=O) groups excluding carboxylic acids is 2. The first-order valence-corrected chi connectivity index (χ1v) is 14.7. The number of halogens is 1. The Hall–Kier alpha value is -3.76. The summed E-state index contributed by atoms with van der Waals surface area (Å²) in [4.78, 5) is 28.5. The van der Waals surface area contributed by atoms with Gasteiger partial charge in [-0.15, -0.1) is 0 Å². The molecule has 3 rings (SSSR count). The summed E-state index contributed by atoms with van der Waals surface area (Å²) in [5.41, 5.74) is 0.452. The minimum absolute atomic E-state index is 0.0266. The largest absolute Gasteiger partial charge is 0.497 e. The Balaban J connectivity index is 2.02. The predicted octanol–water partition coefficient (Wildman–Crippen LogP) is 4.88. The molecule has 0 saturated carbocycles. The number of ether oxygens (including phenoxy) is 2. The van der Waals surface area contributed by atoms with Gasteiger partial charge in [0.2, 0.25) is 11.8 Å². The molecule has 1 N–H and O–H groups in total. The van der Waals surface area contributed by atoms with Gasteiger partial charge in [0.1, 0.15) is 24.1 Å². The molecule has 0 aliphatic heterocycles. The number of methoxy groups -OCH3 is 2. The molecule has 9 nitrogen and oxygen atoms in total. The molecule has 11 heteroatoms. The molecule has 0 aromatic heterocycles. The summed E-state index contributed by atoms with van der Waals surface area (Å²) in [5.74, 6) is 0.201. The number of nitrogens with one attached hydrogen (secondary N) is 1. The van der Waals surface area contributed by atoms with Crippen LogP contribution in [0.15, 0.2) is 77.7 Å². The van der Waals surface area contributed by atoms with Crippen molar-refractivity contribution in [1.82, 2.24) is 10.2 Å². The average Bonchev–Trinajstić information content (AvgIpc) is 2.94. The molecule has 0 saturated heterocycles. The Labute approximate surface area is 247 Å². The van der Waals surface area contributed by atoms with Crippen molar-refractivity contribution >= 4 is 39.1 Å². The second-order valence-electron chi connectivity index (χ2n) is 10.4. The first-order chi connectivity index (χ1) is 19.2. The SMILES string of the molecule is COc1ccc(CN(C(=O)CN(c2ccc(Cl)cc2)S(=O)(=O)c2ccc(OC)cc2)C(C)C(=O)NC(C)(C)C)cc1. The van der Waals surface area contributed by atoms with Crippen LogP contribution in [-0.2, 0) is 26.2 Å². The van der Waals surface area contributed by atoms with E-state index in [1.165, 1.54) is 48.4 Å². The van der Waals surface area contributed by atoms with E-state index >= 15 is 0 Å². The van der Waals surface area contributed by atoms with Crippen molar-refractivity contribution in [2.45, 2.75) is 50.7 Å². The van der Waals surface area contributed by atoms with Crippen LogP contribution in [0.5, 0.6) is 11.5 Å². The number of nitrogens with zero attached hydrogens (tertiary/aromatic N) is 2. The highest BCUT2D eigenvalue weighted by Gasteiger charge is 2.33. The molecule has 3 aromatic rings. The lowest BCUT2D eigenvalue weighted by Gasteiger charge is -2.33. The van der Waals surface area contributed by atoms with Crippen LogP contribution in [0, 0.1) is 0 Å². The van der Waals surface area contributed by atoms with Crippen LogP contribution >= 0.6 is 11.6 Å². The molecule has 0 radical (unpaired) electrons. The molecule has 1 unspecified atom stereocenters. The van der Waals surface area contributed by atoms with Crippen LogP contribution in [0.4, 0.5) is 5.69 Å². The minimum atomic E-state index is -4.21. The van der Waals surface area contributed by atoms with E-state index in [9.17, 15) is 18.0 Å². The van der Waals surface area contributed by atoms with Crippen LogP contribution in [0.1, 0.15) is 33.3 Å². The third kappa shape index (κ3) is 8.37. The van der Waals surface area contributed by atoms with Crippen molar-refractivity contribution < 1.29 is 27.5 Å². The molecule has 3 aromatic carbocycles. The first-order valence-electron chi connectivity index (χ1n) is 12.9. The fourth-order valence-electron chi connectivity index (χ4n) is 4.00. The van der Waals surface area contributed by atoms with E-state index in [-0.39, 0.29) is 23.0 Å². The van der Waals surface area contributed by atoms with E-state index in [0.717, 1.165) is 9.87 Å². The summed E-state index contributed by atoms with van der Waals surface area (Å²) in [6.07, 6.45) is 0.